The number of epoxide rings is 1. The molecule has 1 aliphatic heterocycles. The first-order valence-electron chi connectivity index (χ1n) is 4.81. The van der Waals surface area contributed by atoms with Crippen molar-refractivity contribution >= 4 is 0 Å². The standard InChI is InChI=1S/C11H14O3/c1-9-11(14-9)13-8-7-12-10-5-3-2-4-6-10/h2-6,9,11H,7-8H2,1H3. The van der Waals surface area contributed by atoms with Gasteiger partial charge in [-0.2, -0.15) is 0 Å². The van der Waals surface area contributed by atoms with Crippen LogP contribution in [0, 0.1) is 0 Å². The molecule has 2 unspecified atom stereocenters. The Morgan fingerprint density at radius 2 is 1.93 bits per heavy atom. The molecular weight excluding hydrogens is 180 g/mol. The zero-order valence-corrected chi connectivity index (χ0v) is 8.18. The second-order valence-corrected chi connectivity index (χ2v) is 3.24. The summed E-state index contributed by atoms with van der Waals surface area (Å²) in [6, 6.07) is 9.71. The van der Waals surface area contributed by atoms with Gasteiger partial charge >= 0.3 is 0 Å². The monoisotopic (exact) mass is 194 g/mol. The molecule has 0 amide bonds. The van der Waals surface area contributed by atoms with Crippen LogP contribution in [0.5, 0.6) is 5.75 Å². The molecule has 1 aromatic carbocycles. The number of benzene rings is 1. The maximum absolute atomic E-state index is 5.44. The number of ether oxygens (including phenoxy) is 3. The Labute approximate surface area is 83.6 Å². The lowest BCUT2D eigenvalue weighted by Gasteiger charge is -2.04. The molecule has 1 aliphatic rings. The summed E-state index contributed by atoms with van der Waals surface area (Å²) in [7, 11) is 0. The lowest BCUT2D eigenvalue weighted by atomic mass is 10.3. The maximum atomic E-state index is 5.44. The lowest BCUT2D eigenvalue weighted by molar-refractivity contribution is 0.0323. The van der Waals surface area contributed by atoms with Gasteiger partial charge in [-0.25, -0.2) is 0 Å². The van der Waals surface area contributed by atoms with Crippen LogP contribution >= 0.6 is 0 Å². The predicted molar refractivity (Wildman–Crippen MR) is 52.2 cm³/mol. The highest BCUT2D eigenvalue weighted by atomic mass is 16.8. The smallest absolute Gasteiger partial charge is 0.184 e. The molecule has 0 aliphatic carbocycles. The second-order valence-electron chi connectivity index (χ2n) is 3.24. The largest absolute Gasteiger partial charge is 0.491 e. The topological polar surface area (TPSA) is 31.0 Å². The van der Waals surface area contributed by atoms with Crippen molar-refractivity contribution in [3.8, 4) is 5.75 Å². The van der Waals surface area contributed by atoms with E-state index in [4.69, 9.17) is 14.2 Å². The Bertz CT molecular complexity index is 273. The Hall–Kier alpha value is -1.06. The molecule has 3 heteroatoms. The van der Waals surface area contributed by atoms with Crippen molar-refractivity contribution in [2.45, 2.75) is 19.3 Å². The number of hydrogen-bond acceptors (Lipinski definition) is 3. The zero-order valence-electron chi connectivity index (χ0n) is 8.18. The molecule has 2 atom stereocenters. The third-order valence-electron chi connectivity index (χ3n) is 2.03. The third kappa shape index (κ3) is 2.72. The fraction of sp³-hybridized carbons (Fsp3) is 0.455. The summed E-state index contributed by atoms with van der Waals surface area (Å²) in [6.45, 7) is 3.13. The van der Waals surface area contributed by atoms with Crippen LogP contribution in [-0.4, -0.2) is 25.6 Å². The molecule has 2 rings (SSSR count). The highest BCUT2D eigenvalue weighted by Crippen LogP contribution is 2.21. The molecule has 0 N–H and O–H groups in total. The van der Waals surface area contributed by atoms with Crippen LogP contribution in [0.2, 0.25) is 0 Å². The van der Waals surface area contributed by atoms with Crippen LogP contribution < -0.4 is 4.74 Å². The summed E-state index contributed by atoms with van der Waals surface area (Å²) >= 11 is 0. The molecule has 1 fully saturated rings. The van der Waals surface area contributed by atoms with Crippen molar-refractivity contribution in [3.05, 3.63) is 30.3 Å². The molecule has 14 heavy (non-hydrogen) atoms. The fourth-order valence-electron chi connectivity index (χ4n) is 1.18. The predicted octanol–water partition coefficient (Wildman–Crippen LogP) is 1.83. The van der Waals surface area contributed by atoms with E-state index in [2.05, 4.69) is 0 Å². The van der Waals surface area contributed by atoms with Gasteiger partial charge in [-0.3, -0.25) is 0 Å². The van der Waals surface area contributed by atoms with Crippen molar-refractivity contribution in [2.75, 3.05) is 13.2 Å². The molecular formula is C11H14O3. The molecule has 76 valence electrons. The van der Waals surface area contributed by atoms with Crippen molar-refractivity contribution in [2.24, 2.45) is 0 Å². The number of rotatable bonds is 5. The average molecular weight is 194 g/mol. The van der Waals surface area contributed by atoms with Gasteiger partial charge in [-0.15, -0.1) is 0 Å². The van der Waals surface area contributed by atoms with Crippen LogP contribution in [-0.2, 0) is 9.47 Å². The third-order valence-corrected chi connectivity index (χ3v) is 2.03. The summed E-state index contributed by atoms with van der Waals surface area (Å²) in [5, 5.41) is 0. The molecule has 0 saturated carbocycles. The SMILES string of the molecule is CC1OC1OCCOc1ccccc1. The molecule has 3 nitrogen and oxygen atoms in total. The Morgan fingerprint density at radius 3 is 2.57 bits per heavy atom. The van der Waals surface area contributed by atoms with Crippen molar-refractivity contribution in [1.29, 1.82) is 0 Å². The van der Waals surface area contributed by atoms with E-state index in [1.807, 2.05) is 37.3 Å². The Balaban J connectivity index is 1.59. The molecule has 1 saturated heterocycles. The van der Waals surface area contributed by atoms with Crippen molar-refractivity contribution in [1.82, 2.24) is 0 Å². The Kier molecular flexibility index (Phi) is 3.01. The first-order valence-corrected chi connectivity index (χ1v) is 4.81. The zero-order chi connectivity index (χ0) is 9.80. The maximum Gasteiger partial charge on any atom is 0.184 e. The number of para-hydroxylation sites is 1. The van der Waals surface area contributed by atoms with Crippen LogP contribution in [0.1, 0.15) is 6.92 Å². The molecule has 0 aromatic heterocycles. The van der Waals surface area contributed by atoms with Gasteiger partial charge in [0.25, 0.3) is 0 Å². The summed E-state index contributed by atoms with van der Waals surface area (Å²) < 4.78 is 15.9. The molecule has 0 bridgehead atoms. The van der Waals surface area contributed by atoms with E-state index in [1.165, 1.54) is 0 Å². The van der Waals surface area contributed by atoms with Crippen LogP contribution in [0.25, 0.3) is 0 Å². The van der Waals surface area contributed by atoms with E-state index in [1.54, 1.807) is 0 Å². The van der Waals surface area contributed by atoms with Crippen LogP contribution in [0.4, 0.5) is 0 Å². The molecule has 0 spiro atoms. The van der Waals surface area contributed by atoms with E-state index < -0.39 is 0 Å². The minimum absolute atomic E-state index is 0.00521. The molecule has 0 radical (unpaired) electrons. The van der Waals surface area contributed by atoms with Gasteiger partial charge in [-0.1, -0.05) is 18.2 Å². The second kappa shape index (κ2) is 4.44. The summed E-state index contributed by atoms with van der Waals surface area (Å²) in [5.74, 6) is 0.876. The molecule has 1 heterocycles. The Morgan fingerprint density at radius 1 is 1.21 bits per heavy atom. The van der Waals surface area contributed by atoms with Crippen molar-refractivity contribution < 1.29 is 14.2 Å². The van der Waals surface area contributed by atoms with E-state index in [0.29, 0.717) is 13.2 Å². The first kappa shape index (κ1) is 9.49. The van der Waals surface area contributed by atoms with Gasteiger partial charge in [0.05, 0.1) is 6.61 Å². The van der Waals surface area contributed by atoms with Gasteiger partial charge < -0.3 is 14.2 Å². The highest BCUT2D eigenvalue weighted by Gasteiger charge is 2.34. The minimum atomic E-state index is -0.00521. The number of hydrogen-bond donors (Lipinski definition) is 0. The average Bonchev–Trinajstić information content (AvgIpc) is 2.91. The summed E-state index contributed by atoms with van der Waals surface area (Å²) in [5.41, 5.74) is 0. The van der Waals surface area contributed by atoms with Crippen LogP contribution in [0.15, 0.2) is 30.3 Å². The van der Waals surface area contributed by atoms with Gasteiger partial charge in [0, 0.05) is 0 Å². The van der Waals surface area contributed by atoms with Gasteiger partial charge in [-0.05, 0) is 19.1 Å². The van der Waals surface area contributed by atoms with Gasteiger partial charge in [0.15, 0.2) is 6.29 Å². The van der Waals surface area contributed by atoms with E-state index in [9.17, 15) is 0 Å². The first-order chi connectivity index (χ1) is 6.86. The van der Waals surface area contributed by atoms with Gasteiger partial charge in [0.1, 0.15) is 18.5 Å². The van der Waals surface area contributed by atoms with Crippen molar-refractivity contribution in [3.63, 3.8) is 0 Å². The quantitative estimate of drug-likeness (QED) is 0.529. The summed E-state index contributed by atoms with van der Waals surface area (Å²) in [6.07, 6.45) is 0.251. The summed E-state index contributed by atoms with van der Waals surface area (Å²) in [4.78, 5) is 0. The van der Waals surface area contributed by atoms with E-state index in [0.717, 1.165) is 5.75 Å². The highest BCUT2D eigenvalue weighted by molar-refractivity contribution is 5.20. The van der Waals surface area contributed by atoms with E-state index in [-0.39, 0.29) is 12.4 Å². The van der Waals surface area contributed by atoms with E-state index >= 15 is 0 Å². The normalized spacial score (nSPS) is 24.6. The minimum Gasteiger partial charge on any atom is -0.491 e. The molecule has 1 aromatic rings. The lowest BCUT2D eigenvalue weighted by Crippen LogP contribution is -2.09. The fourth-order valence-corrected chi connectivity index (χ4v) is 1.18. The van der Waals surface area contributed by atoms with Gasteiger partial charge in [0.2, 0.25) is 0 Å². The van der Waals surface area contributed by atoms with Crippen LogP contribution in [0.3, 0.4) is 0 Å².